The lowest BCUT2D eigenvalue weighted by atomic mass is 9.97. The number of H-pyrrole nitrogens is 1. The first-order valence-corrected chi connectivity index (χ1v) is 14.3. The van der Waals surface area contributed by atoms with Gasteiger partial charge in [0.05, 0.1) is 16.9 Å². The lowest BCUT2D eigenvalue weighted by Gasteiger charge is -2.47. The third-order valence-electron chi connectivity index (χ3n) is 7.91. The van der Waals surface area contributed by atoms with E-state index in [1.54, 1.807) is 30.3 Å². The van der Waals surface area contributed by atoms with E-state index in [1.165, 1.54) is 6.20 Å². The molecule has 0 saturated carbocycles. The van der Waals surface area contributed by atoms with Gasteiger partial charge >= 0.3 is 6.18 Å². The van der Waals surface area contributed by atoms with Crippen molar-refractivity contribution in [2.24, 2.45) is 0 Å². The van der Waals surface area contributed by atoms with E-state index in [-0.39, 0.29) is 17.8 Å². The summed E-state index contributed by atoms with van der Waals surface area (Å²) in [7, 11) is 0. The Morgan fingerprint density at radius 2 is 1.80 bits per heavy atom. The number of piperazine rings is 1. The molecule has 2 fully saturated rings. The fourth-order valence-corrected chi connectivity index (χ4v) is 6.08. The quantitative estimate of drug-likeness (QED) is 0.379. The molecule has 1 amide bonds. The molecule has 2 saturated heterocycles. The summed E-state index contributed by atoms with van der Waals surface area (Å²) in [4.78, 5) is 30.5. The van der Waals surface area contributed by atoms with Crippen LogP contribution in [0.5, 0.6) is 0 Å². The first-order valence-electron chi connectivity index (χ1n) is 13.6. The van der Waals surface area contributed by atoms with Crippen molar-refractivity contribution in [1.29, 1.82) is 0 Å². The van der Waals surface area contributed by atoms with Crippen molar-refractivity contribution < 1.29 is 23.1 Å². The normalized spacial score (nSPS) is 19.9. The van der Waals surface area contributed by atoms with Crippen molar-refractivity contribution >= 4 is 34.9 Å². The number of hydrogen-bond donors (Lipinski definition) is 2. The van der Waals surface area contributed by atoms with Crippen molar-refractivity contribution in [1.82, 2.24) is 24.8 Å². The van der Waals surface area contributed by atoms with E-state index < -0.39 is 18.0 Å². The molecule has 220 valence electrons. The van der Waals surface area contributed by atoms with Gasteiger partial charge in [-0.2, -0.15) is 13.2 Å². The molecule has 5 rings (SSSR count). The number of anilines is 1. The molecule has 2 aliphatic rings. The maximum atomic E-state index is 12.9. The number of aliphatic hydroxyl groups excluding tert-OH is 1. The van der Waals surface area contributed by atoms with E-state index in [0.29, 0.717) is 46.1 Å². The number of rotatable bonds is 6. The number of imidazole rings is 1. The fraction of sp³-hybridized carbons (Fsp3) is 0.464. The van der Waals surface area contributed by atoms with Gasteiger partial charge in [-0.25, -0.2) is 9.97 Å². The van der Waals surface area contributed by atoms with Gasteiger partial charge in [-0.15, -0.1) is 0 Å². The molecule has 41 heavy (non-hydrogen) atoms. The van der Waals surface area contributed by atoms with Gasteiger partial charge in [0.25, 0.3) is 5.91 Å². The second-order valence-corrected chi connectivity index (χ2v) is 11.3. The summed E-state index contributed by atoms with van der Waals surface area (Å²) >= 11 is 12.6. The Morgan fingerprint density at radius 1 is 1.10 bits per heavy atom. The minimum absolute atomic E-state index is 0.0310. The highest BCUT2D eigenvalue weighted by Crippen LogP contribution is 2.34. The van der Waals surface area contributed by atoms with Crippen LogP contribution in [0, 0.1) is 0 Å². The van der Waals surface area contributed by atoms with Crippen LogP contribution < -0.4 is 4.90 Å². The van der Waals surface area contributed by atoms with Crippen molar-refractivity contribution in [2.45, 2.75) is 50.6 Å². The third kappa shape index (κ3) is 6.48. The number of amides is 1. The molecule has 0 aliphatic carbocycles. The summed E-state index contributed by atoms with van der Waals surface area (Å²) < 4.78 is 38.5. The van der Waals surface area contributed by atoms with Crippen molar-refractivity contribution in [2.75, 3.05) is 37.6 Å². The molecule has 0 spiro atoms. The minimum atomic E-state index is -4.80. The van der Waals surface area contributed by atoms with Crippen molar-refractivity contribution in [3.63, 3.8) is 0 Å². The number of piperidine rings is 1. The smallest absolute Gasteiger partial charge is 0.378 e. The largest absolute Gasteiger partial charge is 0.420 e. The number of halogens is 5. The molecule has 1 aromatic carbocycles. The monoisotopic (exact) mass is 610 g/mol. The van der Waals surface area contributed by atoms with E-state index in [0.717, 1.165) is 45.1 Å². The Balaban J connectivity index is 1.20. The minimum Gasteiger partial charge on any atom is -0.378 e. The van der Waals surface area contributed by atoms with Crippen molar-refractivity contribution in [3.05, 3.63) is 64.0 Å². The molecule has 1 unspecified atom stereocenters. The summed E-state index contributed by atoms with van der Waals surface area (Å²) in [5.74, 6) is 0.781. The van der Waals surface area contributed by atoms with E-state index in [4.69, 9.17) is 23.2 Å². The van der Waals surface area contributed by atoms with E-state index in [2.05, 4.69) is 31.7 Å². The van der Waals surface area contributed by atoms with Gasteiger partial charge in [0.1, 0.15) is 11.6 Å². The molecule has 13 heteroatoms. The maximum absolute atomic E-state index is 12.9. The highest BCUT2D eigenvalue weighted by Gasteiger charge is 2.40. The van der Waals surface area contributed by atoms with Crippen LogP contribution in [0.15, 0.2) is 42.7 Å². The predicted molar refractivity (Wildman–Crippen MR) is 151 cm³/mol. The van der Waals surface area contributed by atoms with Gasteiger partial charge in [-0.3, -0.25) is 9.69 Å². The average Bonchev–Trinajstić information content (AvgIpc) is 3.46. The first kappa shape index (κ1) is 29.6. The molecule has 8 nitrogen and oxygen atoms in total. The molecule has 2 atom stereocenters. The number of benzene rings is 1. The molecule has 2 aromatic heterocycles. The number of alkyl halides is 3. The molecule has 0 bridgehead atoms. The second kappa shape index (κ2) is 12.2. The molecular weight excluding hydrogens is 580 g/mol. The zero-order valence-corrected chi connectivity index (χ0v) is 23.9. The lowest BCUT2D eigenvalue weighted by Crippen LogP contribution is -2.58. The molecule has 4 heterocycles. The SMILES string of the molecule is CC[C@H]1CN(c2ncc(-c3ncc(C(O)C(F)(F)F)[nH]3)cc2Cl)CCN1C1CCN(C(=O)c2ccc(Cl)cc2)CC1. The van der Waals surface area contributed by atoms with Crippen molar-refractivity contribution in [3.8, 4) is 11.4 Å². The van der Waals surface area contributed by atoms with Crippen LogP contribution in [0.2, 0.25) is 10.0 Å². The fourth-order valence-electron chi connectivity index (χ4n) is 5.67. The number of likely N-dealkylation sites (tertiary alicyclic amines) is 1. The zero-order chi connectivity index (χ0) is 29.3. The topological polar surface area (TPSA) is 88.6 Å². The van der Waals surface area contributed by atoms with Gasteiger partial charge < -0.3 is 19.9 Å². The highest BCUT2D eigenvalue weighted by atomic mass is 35.5. The van der Waals surface area contributed by atoms with Crippen LogP contribution in [0.4, 0.5) is 19.0 Å². The Morgan fingerprint density at radius 3 is 2.44 bits per heavy atom. The molecule has 0 radical (unpaired) electrons. The number of carbonyl (C=O) groups is 1. The molecule has 2 N–H and O–H groups in total. The molecule has 3 aromatic rings. The summed E-state index contributed by atoms with van der Waals surface area (Å²) in [6.07, 6.45) is -2.23. The lowest BCUT2D eigenvalue weighted by molar-refractivity contribution is -0.207. The second-order valence-electron chi connectivity index (χ2n) is 10.4. The van der Waals surface area contributed by atoms with E-state index in [9.17, 15) is 23.1 Å². The van der Waals surface area contributed by atoms with Crippen LogP contribution in [-0.4, -0.2) is 86.7 Å². The van der Waals surface area contributed by atoms with Crippen LogP contribution in [-0.2, 0) is 0 Å². The van der Waals surface area contributed by atoms with Gasteiger partial charge in [0, 0.05) is 67.2 Å². The van der Waals surface area contributed by atoms with Gasteiger partial charge in [0.15, 0.2) is 6.10 Å². The van der Waals surface area contributed by atoms with Gasteiger partial charge in [-0.1, -0.05) is 30.1 Å². The maximum Gasteiger partial charge on any atom is 0.420 e. The number of nitrogens with zero attached hydrogens (tertiary/aromatic N) is 5. The number of pyridine rings is 1. The number of aliphatic hydroxyl groups is 1. The van der Waals surface area contributed by atoms with Crippen LogP contribution in [0.3, 0.4) is 0 Å². The standard InChI is InChI=1S/C28H31Cl2F3N6O2/c1-2-20-16-38(26-22(30)13-18(14-35-26)25-34-15-23(36-25)24(40)28(31,32)33)11-12-39(20)21-7-9-37(10-8-21)27(41)17-3-5-19(29)6-4-17/h3-6,13-15,20-21,24,40H,2,7-12,16H2,1H3,(H,34,36)/t20-,24?/m0/s1. The van der Waals surface area contributed by atoms with Gasteiger partial charge in [-0.05, 0) is 49.6 Å². The van der Waals surface area contributed by atoms with E-state index >= 15 is 0 Å². The highest BCUT2D eigenvalue weighted by molar-refractivity contribution is 6.33. The van der Waals surface area contributed by atoms with Gasteiger partial charge in [0.2, 0.25) is 0 Å². The Kier molecular flexibility index (Phi) is 8.79. The zero-order valence-electron chi connectivity index (χ0n) is 22.4. The summed E-state index contributed by atoms with van der Waals surface area (Å²) in [5.41, 5.74) is 0.620. The number of aromatic amines is 1. The summed E-state index contributed by atoms with van der Waals surface area (Å²) in [6, 6.07) is 9.27. The van der Waals surface area contributed by atoms with Crippen LogP contribution >= 0.6 is 23.2 Å². The average molecular weight is 611 g/mol. The first-order chi connectivity index (χ1) is 19.5. The number of hydrogen-bond acceptors (Lipinski definition) is 6. The molecular formula is C28H31Cl2F3N6O2. The Bertz CT molecular complexity index is 1360. The van der Waals surface area contributed by atoms with Crippen LogP contribution in [0.1, 0.15) is 48.3 Å². The van der Waals surface area contributed by atoms with E-state index in [1.807, 2.05) is 4.90 Å². The number of nitrogens with one attached hydrogen (secondary N) is 1. The Hall–Kier alpha value is -2.86. The summed E-state index contributed by atoms with van der Waals surface area (Å²) in [6.45, 7) is 5.83. The van der Waals surface area contributed by atoms with Crippen LogP contribution in [0.25, 0.3) is 11.4 Å². The summed E-state index contributed by atoms with van der Waals surface area (Å²) in [5, 5.41) is 10.4. The number of aromatic nitrogens is 3. The predicted octanol–water partition coefficient (Wildman–Crippen LogP) is 5.58. The Labute approximate surface area is 246 Å². The third-order valence-corrected chi connectivity index (χ3v) is 8.44. The molecule has 2 aliphatic heterocycles. The number of carbonyl (C=O) groups excluding carboxylic acids is 1.